The largest absolute Gasteiger partial charge is 0.460 e. The standard InChI is InChI=1S/C33H45N3O7/c1-7-10-14-25(38)34-18-22(6)42-32(41)26-24-15-16-33(43-24)27(26)30(39)36(23(9-3)19-37)29(33)31(40)35(17-8-2)28-20(4)12-11-13-21(28)5/h7-8,11-13,22-24,26-27,29,37H,1-2,9-10,14-19H2,3-6H3,(H,34,38)/t22-,23+,24-,26+,27+,29-,33+/m1/s1. The number of esters is 1. The van der Waals surface area contributed by atoms with E-state index in [9.17, 15) is 24.3 Å². The number of benzene rings is 1. The molecule has 1 spiro atoms. The summed E-state index contributed by atoms with van der Waals surface area (Å²) in [5.74, 6) is -3.29. The van der Waals surface area contributed by atoms with E-state index in [2.05, 4.69) is 18.5 Å². The van der Waals surface area contributed by atoms with Crippen LogP contribution in [-0.2, 0) is 28.7 Å². The van der Waals surface area contributed by atoms with E-state index in [0.29, 0.717) is 32.1 Å². The maximum Gasteiger partial charge on any atom is 0.312 e. The highest BCUT2D eigenvalue weighted by molar-refractivity contribution is 6.05. The minimum atomic E-state index is -1.23. The zero-order valence-corrected chi connectivity index (χ0v) is 25.7. The van der Waals surface area contributed by atoms with E-state index < -0.39 is 47.7 Å². The van der Waals surface area contributed by atoms with E-state index in [-0.39, 0.29) is 37.4 Å². The smallest absolute Gasteiger partial charge is 0.312 e. The maximum atomic E-state index is 14.7. The van der Waals surface area contributed by atoms with Gasteiger partial charge in [0, 0.05) is 18.7 Å². The van der Waals surface area contributed by atoms with E-state index in [1.165, 1.54) is 4.90 Å². The van der Waals surface area contributed by atoms with Crippen LogP contribution in [-0.4, -0.2) is 83.3 Å². The Morgan fingerprint density at radius 2 is 1.95 bits per heavy atom. The summed E-state index contributed by atoms with van der Waals surface area (Å²) < 4.78 is 12.3. The predicted octanol–water partition coefficient (Wildman–Crippen LogP) is 2.98. The van der Waals surface area contributed by atoms with Crippen molar-refractivity contribution >= 4 is 29.4 Å². The summed E-state index contributed by atoms with van der Waals surface area (Å²) in [6.07, 6.45) is 4.28. The lowest BCUT2D eigenvalue weighted by Crippen LogP contribution is -2.59. The van der Waals surface area contributed by atoms with Crippen LogP contribution in [0.25, 0.3) is 0 Å². The molecule has 3 heterocycles. The minimum absolute atomic E-state index is 0.131. The molecule has 2 N–H and O–H groups in total. The molecule has 0 radical (unpaired) electrons. The Bertz CT molecular complexity index is 1240. The predicted molar refractivity (Wildman–Crippen MR) is 162 cm³/mol. The maximum absolute atomic E-state index is 14.7. The van der Waals surface area contributed by atoms with Crippen LogP contribution in [0.3, 0.4) is 0 Å². The molecular formula is C33H45N3O7. The number of para-hydroxylation sites is 1. The van der Waals surface area contributed by atoms with Crippen molar-refractivity contribution < 1.29 is 33.8 Å². The van der Waals surface area contributed by atoms with Crippen molar-refractivity contribution in [3.8, 4) is 0 Å². The Kier molecular flexibility index (Phi) is 10.1. The van der Waals surface area contributed by atoms with Crippen molar-refractivity contribution in [2.45, 2.75) is 89.7 Å². The van der Waals surface area contributed by atoms with Crippen molar-refractivity contribution in [1.82, 2.24) is 10.2 Å². The van der Waals surface area contributed by atoms with Gasteiger partial charge in [-0.05, 0) is 57.6 Å². The normalized spacial score (nSPS) is 26.9. The number of allylic oxidation sites excluding steroid dienone is 1. The summed E-state index contributed by atoms with van der Waals surface area (Å²) in [4.78, 5) is 57.7. The van der Waals surface area contributed by atoms with Gasteiger partial charge in [0.1, 0.15) is 17.7 Å². The molecule has 43 heavy (non-hydrogen) atoms. The second kappa shape index (κ2) is 13.4. The average Bonchev–Trinajstić information content (AvgIpc) is 3.62. The van der Waals surface area contributed by atoms with Crippen LogP contribution in [0.2, 0.25) is 0 Å². The molecule has 3 aliphatic heterocycles. The lowest BCUT2D eigenvalue weighted by Gasteiger charge is -2.39. The number of likely N-dealkylation sites (tertiary alicyclic amines) is 1. The molecular weight excluding hydrogens is 550 g/mol. The fourth-order valence-electron chi connectivity index (χ4n) is 7.14. The van der Waals surface area contributed by atoms with Crippen LogP contribution in [0.1, 0.15) is 57.1 Å². The minimum Gasteiger partial charge on any atom is -0.460 e. The molecule has 0 aromatic heterocycles. The van der Waals surface area contributed by atoms with Crippen LogP contribution in [0.4, 0.5) is 5.69 Å². The first-order valence-corrected chi connectivity index (χ1v) is 15.2. The van der Waals surface area contributed by atoms with Gasteiger partial charge >= 0.3 is 5.97 Å². The van der Waals surface area contributed by atoms with Gasteiger partial charge in [0.2, 0.25) is 11.8 Å². The number of carbonyl (C=O) groups is 4. The molecule has 1 aromatic carbocycles. The molecule has 3 saturated heterocycles. The zero-order chi connectivity index (χ0) is 31.5. The number of hydrogen-bond donors (Lipinski definition) is 2. The summed E-state index contributed by atoms with van der Waals surface area (Å²) in [6, 6.07) is 4.12. The van der Waals surface area contributed by atoms with Crippen molar-refractivity contribution in [3.05, 3.63) is 54.6 Å². The Morgan fingerprint density at radius 3 is 2.56 bits per heavy atom. The van der Waals surface area contributed by atoms with E-state index >= 15 is 0 Å². The van der Waals surface area contributed by atoms with Crippen LogP contribution in [0.15, 0.2) is 43.5 Å². The van der Waals surface area contributed by atoms with Crippen molar-refractivity contribution in [3.63, 3.8) is 0 Å². The molecule has 10 nitrogen and oxygen atoms in total. The second-order valence-electron chi connectivity index (χ2n) is 11.9. The quantitative estimate of drug-likeness (QED) is 0.250. The van der Waals surface area contributed by atoms with Gasteiger partial charge in [-0.1, -0.05) is 37.3 Å². The molecule has 7 atom stereocenters. The first-order chi connectivity index (χ1) is 20.6. The number of aliphatic hydroxyl groups is 1. The van der Waals surface area contributed by atoms with Crippen molar-refractivity contribution in [2.75, 3.05) is 24.6 Å². The number of carbonyl (C=O) groups excluding carboxylic acids is 4. The number of nitrogens with one attached hydrogen (secondary N) is 1. The summed E-state index contributed by atoms with van der Waals surface area (Å²) in [7, 11) is 0. The Labute approximate surface area is 254 Å². The summed E-state index contributed by atoms with van der Waals surface area (Å²) in [5, 5.41) is 13.1. The number of nitrogens with zero attached hydrogens (tertiary/aromatic N) is 2. The highest BCUT2D eigenvalue weighted by atomic mass is 16.6. The van der Waals surface area contributed by atoms with E-state index in [0.717, 1.165) is 16.8 Å². The lowest BCUT2D eigenvalue weighted by atomic mass is 9.70. The highest BCUT2D eigenvalue weighted by Gasteiger charge is 2.75. The van der Waals surface area contributed by atoms with Crippen LogP contribution in [0.5, 0.6) is 0 Å². The number of aryl methyl sites for hydroxylation is 2. The fourth-order valence-corrected chi connectivity index (χ4v) is 7.14. The van der Waals surface area contributed by atoms with Gasteiger partial charge in [0.05, 0.1) is 37.1 Å². The lowest BCUT2D eigenvalue weighted by molar-refractivity contribution is -0.159. The van der Waals surface area contributed by atoms with Gasteiger partial charge in [0.25, 0.3) is 5.91 Å². The average molecular weight is 596 g/mol. The number of aliphatic hydroxyl groups excluding tert-OH is 1. The van der Waals surface area contributed by atoms with Crippen LogP contribution < -0.4 is 10.2 Å². The molecule has 0 unspecified atom stereocenters. The van der Waals surface area contributed by atoms with Crippen LogP contribution >= 0.6 is 0 Å². The Morgan fingerprint density at radius 1 is 1.26 bits per heavy atom. The molecule has 234 valence electrons. The molecule has 3 aliphatic rings. The monoisotopic (exact) mass is 595 g/mol. The van der Waals surface area contributed by atoms with Gasteiger partial charge < -0.3 is 29.7 Å². The van der Waals surface area contributed by atoms with Gasteiger partial charge in [-0.15, -0.1) is 13.2 Å². The topological polar surface area (TPSA) is 125 Å². The van der Waals surface area contributed by atoms with E-state index in [4.69, 9.17) is 9.47 Å². The molecule has 3 amide bonds. The molecule has 10 heteroatoms. The molecule has 0 saturated carbocycles. The number of hydrogen-bond acceptors (Lipinski definition) is 7. The molecule has 3 fully saturated rings. The SMILES string of the molecule is C=CCCC(=O)NC[C@@H](C)OC(=O)[C@@H]1[C@H]2C(=O)N([C@@H](CC)CO)[C@H](C(=O)N(CC=C)c3c(C)cccc3C)[C@]23CC[C@H]1O3. The third kappa shape index (κ3) is 5.87. The Hall–Kier alpha value is -3.50. The van der Waals surface area contributed by atoms with Crippen molar-refractivity contribution in [1.29, 1.82) is 0 Å². The second-order valence-corrected chi connectivity index (χ2v) is 11.9. The van der Waals surface area contributed by atoms with Crippen LogP contribution in [0, 0.1) is 25.7 Å². The molecule has 2 bridgehead atoms. The van der Waals surface area contributed by atoms with Crippen molar-refractivity contribution in [2.24, 2.45) is 11.8 Å². The number of ether oxygens (including phenoxy) is 2. The zero-order valence-electron chi connectivity index (χ0n) is 25.7. The van der Waals surface area contributed by atoms with Gasteiger partial charge in [-0.2, -0.15) is 0 Å². The molecule has 0 aliphatic carbocycles. The third-order valence-electron chi connectivity index (χ3n) is 9.09. The number of rotatable bonds is 14. The summed E-state index contributed by atoms with van der Waals surface area (Å²) in [5.41, 5.74) is 1.31. The van der Waals surface area contributed by atoms with E-state index in [1.54, 1.807) is 24.0 Å². The first kappa shape index (κ1) is 32.4. The number of amides is 3. The first-order valence-electron chi connectivity index (χ1n) is 15.2. The summed E-state index contributed by atoms with van der Waals surface area (Å²) >= 11 is 0. The fraction of sp³-hybridized carbons (Fsp3) is 0.576. The number of anilines is 1. The van der Waals surface area contributed by atoms with Gasteiger partial charge in [-0.3, -0.25) is 19.2 Å². The molecule has 1 aromatic rings. The molecule has 4 rings (SSSR count). The highest BCUT2D eigenvalue weighted by Crippen LogP contribution is 2.59. The Balaban J connectivity index is 1.66. The van der Waals surface area contributed by atoms with E-state index in [1.807, 2.05) is 39.0 Å². The van der Waals surface area contributed by atoms with Gasteiger partial charge in [-0.25, -0.2) is 0 Å². The number of fused-ring (bicyclic) bond motifs is 1. The third-order valence-corrected chi connectivity index (χ3v) is 9.09. The van der Waals surface area contributed by atoms with Gasteiger partial charge in [0.15, 0.2) is 0 Å². The summed E-state index contributed by atoms with van der Waals surface area (Å²) in [6.45, 7) is 14.9.